The average molecular weight is 204 g/mol. The van der Waals surface area contributed by atoms with Crippen molar-refractivity contribution >= 4 is 5.69 Å². The number of aromatic hydroxyl groups is 1. The van der Waals surface area contributed by atoms with Gasteiger partial charge in [0.15, 0.2) is 0 Å². The molecule has 0 aromatic heterocycles. The largest absolute Gasteiger partial charge is 0.508 e. The van der Waals surface area contributed by atoms with Crippen molar-refractivity contribution < 1.29 is 5.11 Å². The van der Waals surface area contributed by atoms with Gasteiger partial charge in [0.25, 0.3) is 0 Å². The van der Waals surface area contributed by atoms with E-state index in [0.29, 0.717) is 17.8 Å². The van der Waals surface area contributed by atoms with Crippen molar-refractivity contribution in [2.45, 2.75) is 31.3 Å². The summed E-state index contributed by atoms with van der Waals surface area (Å²) >= 11 is 0. The molecular weight excluding hydrogens is 188 g/mol. The molecule has 0 amide bonds. The molecule has 2 aliphatic heterocycles. The predicted molar refractivity (Wildman–Crippen MR) is 60.2 cm³/mol. The van der Waals surface area contributed by atoms with Crippen LogP contribution < -0.4 is 10.6 Å². The Hall–Kier alpha value is -1.22. The van der Waals surface area contributed by atoms with E-state index in [9.17, 15) is 5.11 Å². The number of rotatable bonds is 0. The van der Waals surface area contributed by atoms with E-state index in [1.54, 1.807) is 6.07 Å². The summed E-state index contributed by atoms with van der Waals surface area (Å²) in [4.78, 5) is 2.41. The standard InChI is InChI=1S/C12H16N2O/c13-9-6-10-2-1-8-5-11(15)3-4-12(8)14(10)7-9/h3-5,9-10,15H,1-2,6-7,13H2. The Balaban J connectivity index is 2.01. The van der Waals surface area contributed by atoms with Gasteiger partial charge in [-0.05, 0) is 43.0 Å². The van der Waals surface area contributed by atoms with Crippen molar-refractivity contribution in [3.05, 3.63) is 23.8 Å². The van der Waals surface area contributed by atoms with Crippen molar-refractivity contribution in [3.8, 4) is 5.75 Å². The Kier molecular flexibility index (Phi) is 1.89. The van der Waals surface area contributed by atoms with Crippen LogP contribution in [0.25, 0.3) is 0 Å². The fourth-order valence-corrected chi connectivity index (χ4v) is 2.90. The van der Waals surface area contributed by atoms with E-state index in [2.05, 4.69) is 4.90 Å². The van der Waals surface area contributed by atoms with Crippen LogP contribution >= 0.6 is 0 Å². The highest BCUT2D eigenvalue weighted by atomic mass is 16.3. The normalized spacial score (nSPS) is 28.7. The fourth-order valence-electron chi connectivity index (χ4n) is 2.90. The van der Waals surface area contributed by atoms with Gasteiger partial charge >= 0.3 is 0 Å². The molecular formula is C12H16N2O. The number of hydrogen-bond donors (Lipinski definition) is 2. The van der Waals surface area contributed by atoms with Crippen LogP contribution in [0.15, 0.2) is 18.2 Å². The summed E-state index contributed by atoms with van der Waals surface area (Å²) < 4.78 is 0. The molecule has 1 fully saturated rings. The van der Waals surface area contributed by atoms with Crippen LogP contribution in [0.3, 0.4) is 0 Å². The van der Waals surface area contributed by atoms with Crippen molar-refractivity contribution in [3.63, 3.8) is 0 Å². The van der Waals surface area contributed by atoms with Gasteiger partial charge in [0.2, 0.25) is 0 Å². The molecule has 0 saturated carbocycles. The summed E-state index contributed by atoms with van der Waals surface area (Å²) in [5.74, 6) is 0.371. The summed E-state index contributed by atoms with van der Waals surface area (Å²) in [6.45, 7) is 0.961. The Labute approximate surface area is 89.5 Å². The molecule has 2 atom stereocenters. The van der Waals surface area contributed by atoms with E-state index in [0.717, 1.165) is 19.4 Å². The summed E-state index contributed by atoms with van der Waals surface area (Å²) in [6, 6.07) is 6.61. The van der Waals surface area contributed by atoms with Gasteiger partial charge < -0.3 is 15.7 Å². The van der Waals surface area contributed by atoms with E-state index in [4.69, 9.17) is 5.73 Å². The number of phenols is 1. The lowest BCUT2D eigenvalue weighted by Crippen LogP contribution is -2.34. The molecule has 1 aromatic carbocycles. The molecule has 15 heavy (non-hydrogen) atoms. The number of hydrogen-bond acceptors (Lipinski definition) is 3. The molecule has 3 nitrogen and oxygen atoms in total. The van der Waals surface area contributed by atoms with Gasteiger partial charge in [-0.25, -0.2) is 0 Å². The first-order chi connectivity index (χ1) is 7.24. The van der Waals surface area contributed by atoms with Crippen LogP contribution in [0, 0.1) is 0 Å². The summed E-state index contributed by atoms with van der Waals surface area (Å²) in [5, 5.41) is 9.44. The lowest BCUT2D eigenvalue weighted by molar-refractivity contribution is 0.473. The van der Waals surface area contributed by atoms with Crippen LogP contribution in [-0.4, -0.2) is 23.7 Å². The van der Waals surface area contributed by atoms with Gasteiger partial charge in [-0.1, -0.05) is 0 Å². The molecule has 1 aromatic rings. The summed E-state index contributed by atoms with van der Waals surface area (Å²) in [5.41, 5.74) is 8.53. The molecule has 80 valence electrons. The molecule has 3 N–H and O–H groups in total. The smallest absolute Gasteiger partial charge is 0.116 e. The third-order valence-electron chi connectivity index (χ3n) is 3.57. The summed E-state index contributed by atoms with van der Waals surface area (Å²) in [6.07, 6.45) is 3.35. The highest BCUT2D eigenvalue weighted by Crippen LogP contribution is 2.37. The van der Waals surface area contributed by atoms with Gasteiger partial charge in [0.05, 0.1) is 0 Å². The Morgan fingerprint density at radius 3 is 3.13 bits per heavy atom. The van der Waals surface area contributed by atoms with E-state index in [-0.39, 0.29) is 0 Å². The molecule has 2 heterocycles. The van der Waals surface area contributed by atoms with Gasteiger partial charge in [0, 0.05) is 24.3 Å². The minimum Gasteiger partial charge on any atom is -0.508 e. The molecule has 1 saturated heterocycles. The monoisotopic (exact) mass is 204 g/mol. The van der Waals surface area contributed by atoms with Crippen molar-refractivity contribution in [1.82, 2.24) is 0 Å². The van der Waals surface area contributed by atoms with E-state index in [1.165, 1.54) is 17.7 Å². The average Bonchev–Trinajstić information content (AvgIpc) is 2.58. The van der Waals surface area contributed by atoms with Crippen molar-refractivity contribution in [1.29, 1.82) is 0 Å². The quantitative estimate of drug-likeness (QED) is 0.668. The number of aryl methyl sites for hydroxylation is 1. The molecule has 3 rings (SSSR count). The SMILES string of the molecule is NC1CC2CCc3cc(O)ccc3N2C1. The number of fused-ring (bicyclic) bond motifs is 3. The lowest BCUT2D eigenvalue weighted by Gasteiger charge is -2.33. The molecule has 2 unspecified atom stereocenters. The maximum atomic E-state index is 9.44. The highest BCUT2D eigenvalue weighted by molar-refractivity contribution is 5.59. The minimum absolute atomic E-state index is 0.315. The van der Waals surface area contributed by atoms with Crippen LogP contribution in [0.2, 0.25) is 0 Å². The van der Waals surface area contributed by atoms with Crippen LogP contribution in [0.5, 0.6) is 5.75 Å². The van der Waals surface area contributed by atoms with Crippen molar-refractivity contribution in [2.24, 2.45) is 5.73 Å². The first-order valence-electron chi connectivity index (χ1n) is 5.58. The van der Waals surface area contributed by atoms with Gasteiger partial charge in [0.1, 0.15) is 5.75 Å². The van der Waals surface area contributed by atoms with E-state index < -0.39 is 0 Å². The molecule has 0 aliphatic carbocycles. The van der Waals surface area contributed by atoms with Crippen LogP contribution in [0.4, 0.5) is 5.69 Å². The number of nitrogens with two attached hydrogens (primary N) is 1. The molecule has 0 spiro atoms. The predicted octanol–water partition coefficient (Wildman–Crippen LogP) is 1.24. The zero-order valence-electron chi connectivity index (χ0n) is 8.69. The van der Waals surface area contributed by atoms with Gasteiger partial charge in [-0.3, -0.25) is 0 Å². The zero-order valence-corrected chi connectivity index (χ0v) is 8.69. The maximum Gasteiger partial charge on any atom is 0.116 e. The van der Waals surface area contributed by atoms with E-state index >= 15 is 0 Å². The van der Waals surface area contributed by atoms with Crippen molar-refractivity contribution in [2.75, 3.05) is 11.4 Å². The molecule has 0 bridgehead atoms. The second-order valence-electron chi connectivity index (χ2n) is 4.65. The number of anilines is 1. The van der Waals surface area contributed by atoms with Gasteiger partial charge in [-0.2, -0.15) is 0 Å². The first-order valence-corrected chi connectivity index (χ1v) is 5.58. The fraction of sp³-hybridized carbons (Fsp3) is 0.500. The third-order valence-corrected chi connectivity index (χ3v) is 3.57. The minimum atomic E-state index is 0.315. The Morgan fingerprint density at radius 1 is 1.40 bits per heavy atom. The van der Waals surface area contributed by atoms with Gasteiger partial charge in [-0.15, -0.1) is 0 Å². The lowest BCUT2D eigenvalue weighted by atomic mass is 9.96. The molecule has 0 radical (unpaired) electrons. The molecule has 2 aliphatic rings. The highest BCUT2D eigenvalue weighted by Gasteiger charge is 2.33. The Bertz CT molecular complexity index is 391. The number of nitrogens with zero attached hydrogens (tertiary/aromatic N) is 1. The van der Waals surface area contributed by atoms with Crippen LogP contribution in [0.1, 0.15) is 18.4 Å². The number of benzene rings is 1. The first kappa shape index (κ1) is 9.04. The van der Waals surface area contributed by atoms with Crippen LogP contribution in [-0.2, 0) is 6.42 Å². The number of phenolic OH excluding ortho intramolecular Hbond substituents is 1. The van der Waals surface area contributed by atoms with E-state index in [1.807, 2.05) is 12.1 Å². The second kappa shape index (κ2) is 3.14. The third kappa shape index (κ3) is 1.38. The topological polar surface area (TPSA) is 49.5 Å². The zero-order chi connectivity index (χ0) is 10.4. The maximum absolute atomic E-state index is 9.44. The Morgan fingerprint density at radius 2 is 2.27 bits per heavy atom. The second-order valence-corrected chi connectivity index (χ2v) is 4.65. The summed E-state index contributed by atoms with van der Waals surface area (Å²) in [7, 11) is 0. The molecule has 3 heteroatoms.